The van der Waals surface area contributed by atoms with Crippen LogP contribution in [0, 0.1) is 17.1 Å². The number of carbonyl (C=O) groups is 1. The highest BCUT2D eigenvalue weighted by Gasteiger charge is 2.11. The molecule has 2 aromatic carbocycles. The summed E-state index contributed by atoms with van der Waals surface area (Å²) in [6, 6.07) is 13.1. The third-order valence-electron chi connectivity index (χ3n) is 3.54. The Morgan fingerprint density at radius 3 is 2.80 bits per heavy atom. The van der Waals surface area contributed by atoms with E-state index >= 15 is 0 Å². The molecule has 0 unspecified atom stereocenters. The van der Waals surface area contributed by atoms with Gasteiger partial charge in [-0.3, -0.25) is 9.78 Å². The summed E-state index contributed by atoms with van der Waals surface area (Å²) in [5.41, 5.74) is 2.48. The van der Waals surface area contributed by atoms with E-state index in [-0.39, 0.29) is 11.7 Å². The summed E-state index contributed by atoms with van der Waals surface area (Å²) >= 11 is 0. The molecule has 0 spiro atoms. The number of hydrogen-bond acceptors (Lipinski definition) is 4. The third-order valence-corrected chi connectivity index (χ3v) is 3.54. The average Bonchev–Trinajstić information content (AvgIpc) is 2.62. The number of amides is 1. The molecule has 1 amide bonds. The van der Waals surface area contributed by atoms with Gasteiger partial charge in [0.1, 0.15) is 11.9 Å². The zero-order valence-electron chi connectivity index (χ0n) is 13.1. The number of rotatable bonds is 4. The molecular formula is C19H13FN4O. The summed E-state index contributed by atoms with van der Waals surface area (Å²) < 4.78 is 13.4. The van der Waals surface area contributed by atoms with Gasteiger partial charge < -0.3 is 10.6 Å². The van der Waals surface area contributed by atoms with E-state index in [1.54, 1.807) is 30.3 Å². The lowest BCUT2D eigenvalue weighted by Gasteiger charge is -2.13. The summed E-state index contributed by atoms with van der Waals surface area (Å²) in [5.74, 6) is -0.732. The fraction of sp³-hybridized carbons (Fsp3) is 0. The minimum absolute atomic E-state index is 0.309. The Labute approximate surface area is 143 Å². The van der Waals surface area contributed by atoms with Crippen LogP contribution >= 0.6 is 0 Å². The molecule has 25 heavy (non-hydrogen) atoms. The van der Waals surface area contributed by atoms with Crippen molar-refractivity contribution in [2.75, 3.05) is 10.6 Å². The van der Waals surface area contributed by atoms with Crippen molar-refractivity contribution in [1.82, 2.24) is 4.98 Å². The van der Waals surface area contributed by atoms with Crippen LogP contribution in [0.1, 0.15) is 5.56 Å². The van der Waals surface area contributed by atoms with Crippen LogP contribution in [0.2, 0.25) is 0 Å². The molecule has 0 saturated carbocycles. The van der Waals surface area contributed by atoms with Gasteiger partial charge in [0.25, 0.3) is 0 Å². The van der Waals surface area contributed by atoms with E-state index in [1.807, 2.05) is 0 Å². The molecule has 3 rings (SSSR count). The summed E-state index contributed by atoms with van der Waals surface area (Å²) in [4.78, 5) is 15.7. The van der Waals surface area contributed by atoms with E-state index in [4.69, 9.17) is 0 Å². The van der Waals surface area contributed by atoms with Crippen LogP contribution in [0.3, 0.4) is 0 Å². The van der Waals surface area contributed by atoms with Gasteiger partial charge in [-0.1, -0.05) is 12.6 Å². The van der Waals surface area contributed by atoms with Crippen molar-refractivity contribution < 1.29 is 9.18 Å². The molecule has 3 aromatic rings. The van der Waals surface area contributed by atoms with Crippen LogP contribution in [-0.4, -0.2) is 10.9 Å². The lowest BCUT2D eigenvalue weighted by molar-refractivity contribution is -0.111. The Morgan fingerprint density at radius 2 is 2.08 bits per heavy atom. The van der Waals surface area contributed by atoms with Crippen LogP contribution in [0.5, 0.6) is 0 Å². The molecule has 0 aliphatic rings. The van der Waals surface area contributed by atoms with Gasteiger partial charge in [0, 0.05) is 23.0 Å². The standard InChI is InChI=1S/C19H13FN4O/c1-2-18(25)23-15-6-7-17-16(9-15)19(12(10-21)11-22-17)24-14-5-3-4-13(20)8-14/h2-9,11H,1H2,(H,22,24)(H,23,25). The highest BCUT2D eigenvalue weighted by molar-refractivity contribution is 6.02. The number of halogens is 1. The second-order valence-corrected chi connectivity index (χ2v) is 5.22. The molecule has 1 aromatic heterocycles. The summed E-state index contributed by atoms with van der Waals surface area (Å²) in [6.07, 6.45) is 2.62. The molecule has 0 atom stereocenters. The number of nitrogens with one attached hydrogen (secondary N) is 2. The van der Waals surface area contributed by atoms with Crippen molar-refractivity contribution in [3.05, 3.63) is 72.7 Å². The number of anilines is 3. The van der Waals surface area contributed by atoms with Gasteiger partial charge in [0.15, 0.2) is 0 Å². The Hall–Kier alpha value is -3.72. The molecule has 0 radical (unpaired) electrons. The number of carbonyl (C=O) groups excluding carboxylic acids is 1. The maximum Gasteiger partial charge on any atom is 0.247 e. The van der Waals surface area contributed by atoms with Crippen molar-refractivity contribution in [2.24, 2.45) is 0 Å². The van der Waals surface area contributed by atoms with Crippen molar-refractivity contribution in [1.29, 1.82) is 5.26 Å². The minimum Gasteiger partial charge on any atom is -0.354 e. The monoisotopic (exact) mass is 332 g/mol. The molecule has 0 saturated heterocycles. The zero-order valence-corrected chi connectivity index (χ0v) is 13.1. The van der Waals surface area contributed by atoms with Gasteiger partial charge in [0.2, 0.25) is 5.91 Å². The SMILES string of the molecule is C=CC(=O)Nc1ccc2ncc(C#N)c(Nc3cccc(F)c3)c2c1. The smallest absolute Gasteiger partial charge is 0.247 e. The van der Waals surface area contributed by atoms with Crippen LogP contribution in [0.4, 0.5) is 21.5 Å². The number of nitrogens with zero attached hydrogens (tertiary/aromatic N) is 2. The van der Waals surface area contributed by atoms with Crippen molar-refractivity contribution in [2.45, 2.75) is 0 Å². The first-order chi connectivity index (χ1) is 12.1. The molecule has 0 aliphatic heterocycles. The lowest BCUT2D eigenvalue weighted by Crippen LogP contribution is -2.07. The molecule has 2 N–H and O–H groups in total. The van der Waals surface area contributed by atoms with E-state index in [0.29, 0.717) is 33.5 Å². The fourth-order valence-electron chi connectivity index (χ4n) is 2.39. The number of nitriles is 1. The molecule has 1 heterocycles. The van der Waals surface area contributed by atoms with Gasteiger partial charge in [0.05, 0.1) is 16.8 Å². The molecule has 0 fully saturated rings. The predicted octanol–water partition coefficient (Wildman–Crippen LogP) is 4.11. The normalized spacial score (nSPS) is 10.1. The van der Waals surface area contributed by atoms with Gasteiger partial charge in [-0.15, -0.1) is 0 Å². The highest BCUT2D eigenvalue weighted by Crippen LogP contribution is 2.31. The van der Waals surface area contributed by atoms with Crippen LogP contribution < -0.4 is 10.6 Å². The van der Waals surface area contributed by atoms with E-state index < -0.39 is 0 Å². The number of aromatic nitrogens is 1. The van der Waals surface area contributed by atoms with Crippen LogP contribution in [0.15, 0.2) is 61.3 Å². The second kappa shape index (κ2) is 6.81. The van der Waals surface area contributed by atoms with Crippen molar-refractivity contribution in [3.63, 3.8) is 0 Å². The quantitative estimate of drug-likeness (QED) is 0.705. The molecule has 0 bridgehead atoms. The van der Waals surface area contributed by atoms with Gasteiger partial charge in [-0.2, -0.15) is 5.26 Å². The minimum atomic E-state index is -0.388. The van der Waals surface area contributed by atoms with E-state index in [9.17, 15) is 14.4 Å². The third kappa shape index (κ3) is 3.46. The first kappa shape index (κ1) is 16.1. The number of pyridine rings is 1. The summed E-state index contributed by atoms with van der Waals surface area (Å²) in [5, 5.41) is 15.7. The van der Waals surface area contributed by atoms with Gasteiger partial charge in [-0.05, 0) is 42.5 Å². The van der Waals surface area contributed by atoms with E-state index in [0.717, 1.165) is 0 Å². The van der Waals surface area contributed by atoms with Gasteiger partial charge in [-0.25, -0.2) is 4.39 Å². The Morgan fingerprint density at radius 1 is 1.24 bits per heavy atom. The largest absolute Gasteiger partial charge is 0.354 e. The predicted molar refractivity (Wildman–Crippen MR) is 95.0 cm³/mol. The van der Waals surface area contributed by atoms with E-state index in [2.05, 4.69) is 28.3 Å². The first-order valence-electron chi connectivity index (χ1n) is 7.39. The summed E-state index contributed by atoms with van der Waals surface area (Å²) in [6.45, 7) is 3.41. The summed E-state index contributed by atoms with van der Waals surface area (Å²) in [7, 11) is 0. The van der Waals surface area contributed by atoms with Crippen LogP contribution in [-0.2, 0) is 4.79 Å². The Balaban J connectivity index is 2.13. The number of benzene rings is 2. The maximum atomic E-state index is 13.4. The first-order valence-corrected chi connectivity index (χ1v) is 7.39. The Bertz CT molecular complexity index is 1020. The van der Waals surface area contributed by atoms with Crippen molar-refractivity contribution in [3.8, 4) is 6.07 Å². The zero-order chi connectivity index (χ0) is 17.8. The molecule has 0 aliphatic carbocycles. The topological polar surface area (TPSA) is 77.8 Å². The average molecular weight is 332 g/mol. The fourth-order valence-corrected chi connectivity index (χ4v) is 2.39. The molecular weight excluding hydrogens is 319 g/mol. The van der Waals surface area contributed by atoms with E-state index in [1.165, 1.54) is 24.4 Å². The highest BCUT2D eigenvalue weighted by atomic mass is 19.1. The lowest BCUT2D eigenvalue weighted by atomic mass is 10.1. The molecule has 122 valence electrons. The second-order valence-electron chi connectivity index (χ2n) is 5.22. The molecule has 5 nitrogen and oxygen atoms in total. The number of fused-ring (bicyclic) bond motifs is 1. The molecule has 6 heteroatoms. The van der Waals surface area contributed by atoms with Crippen LogP contribution in [0.25, 0.3) is 10.9 Å². The maximum absolute atomic E-state index is 13.4. The van der Waals surface area contributed by atoms with Crippen molar-refractivity contribution >= 4 is 33.9 Å². The Kier molecular flexibility index (Phi) is 4.40. The number of hydrogen-bond donors (Lipinski definition) is 2. The van der Waals surface area contributed by atoms with Gasteiger partial charge >= 0.3 is 0 Å².